The zero-order chi connectivity index (χ0) is 17.6. The molecular formula is C18H16F2N4O. The Morgan fingerprint density at radius 2 is 2.00 bits per heavy atom. The minimum atomic E-state index is -0.750. The maximum absolute atomic E-state index is 13.4. The molecule has 0 radical (unpaired) electrons. The van der Waals surface area contributed by atoms with Gasteiger partial charge in [0.05, 0.1) is 0 Å². The van der Waals surface area contributed by atoms with E-state index in [2.05, 4.69) is 9.97 Å². The monoisotopic (exact) mass is 342 g/mol. The lowest BCUT2D eigenvalue weighted by molar-refractivity contribution is 0.0789. The number of hydrogen-bond donors (Lipinski definition) is 0. The van der Waals surface area contributed by atoms with Gasteiger partial charge in [-0.05, 0) is 30.7 Å². The normalized spacial score (nSPS) is 17.4. The van der Waals surface area contributed by atoms with E-state index in [9.17, 15) is 13.6 Å². The Kier molecular flexibility index (Phi) is 3.71. The predicted octanol–water partition coefficient (Wildman–Crippen LogP) is 2.88. The highest BCUT2D eigenvalue weighted by atomic mass is 19.1. The summed E-state index contributed by atoms with van der Waals surface area (Å²) < 4.78 is 28.7. The highest BCUT2D eigenvalue weighted by Crippen LogP contribution is 2.29. The van der Waals surface area contributed by atoms with Gasteiger partial charge in [0.1, 0.15) is 23.0 Å². The summed E-state index contributed by atoms with van der Waals surface area (Å²) in [6, 6.07) is 6.63. The molecule has 1 atom stereocenters. The number of aromatic nitrogens is 3. The van der Waals surface area contributed by atoms with Crippen molar-refractivity contribution in [2.45, 2.75) is 12.3 Å². The van der Waals surface area contributed by atoms with Crippen LogP contribution in [0.5, 0.6) is 0 Å². The van der Waals surface area contributed by atoms with E-state index in [1.807, 2.05) is 23.7 Å². The maximum Gasteiger partial charge on any atom is 0.254 e. The molecule has 7 heteroatoms. The number of imidazole rings is 1. The summed E-state index contributed by atoms with van der Waals surface area (Å²) >= 11 is 0. The summed E-state index contributed by atoms with van der Waals surface area (Å²) in [5, 5.41) is 0. The van der Waals surface area contributed by atoms with E-state index in [1.165, 1.54) is 0 Å². The van der Waals surface area contributed by atoms with E-state index in [-0.39, 0.29) is 17.4 Å². The fourth-order valence-corrected chi connectivity index (χ4v) is 3.42. The molecular weight excluding hydrogens is 326 g/mol. The third-order valence-corrected chi connectivity index (χ3v) is 4.61. The Bertz CT molecular complexity index is 949. The molecule has 25 heavy (non-hydrogen) atoms. The average Bonchev–Trinajstić information content (AvgIpc) is 3.19. The molecule has 1 aromatic carbocycles. The Morgan fingerprint density at radius 1 is 1.24 bits per heavy atom. The lowest BCUT2D eigenvalue weighted by Gasteiger charge is -2.16. The molecule has 0 saturated carbocycles. The Labute approximate surface area is 142 Å². The van der Waals surface area contributed by atoms with Gasteiger partial charge < -0.3 is 9.47 Å². The summed E-state index contributed by atoms with van der Waals surface area (Å²) in [6.07, 6.45) is 2.47. The van der Waals surface area contributed by atoms with Gasteiger partial charge in [0, 0.05) is 43.9 Å². The third-order valence-electron chi connectivity index (χ3n) is 4.61. The summed E-state index contributed by atoms with van der Waals surface area (Å²) in [5.74, 6) is -0.921. The van der Waals surface area contributed by atoms with Crippen molar-refractivity contribution in [3.63, 3.8) is 0 Å². The molecule has 1 aliphatic rings. The molecule has 0 aliphatic carbocycles. The second kappa shape index (κ2) is 5.91. The fraction of sp³-hybridized carbons (Fsp3) is 0.278. The maximum atomic E-state index is 13.4. The predicted molar refractivity (Wildman–Crippen MR) is 88.1 cm³/mol. The van der Waals surface area contributed by atoms with Gasteiger partial charge in [0.15, 0.2) is 5.65 Å². The number of nitrogens with zero attached hydrogens (tertiary/aromatic N) is 4. The van der Waals surface area contributed by atoms with E-state index in [0.717, 1.165) is 41.6 Å². The molecule has 0 spiro atoms. The van der Waals surface area contributed by atoms with Gasteiger partial charge >= 0.3 is 0 Å². The van der Waals surface area contributed by atoms with E-state index in [0.29, 0.717) is 13.1 Å². The molecule has 1 aliphatic heterocycles. The first-order valence-corrected chi connectivity index (χ1v) is 8.05. The lowest BCUT2D eigenvalue weighted by Crippen LogP contribution is -2.29. The van der Waals surface area contributed by atoms with Crippen LogP contribution in [-0.4, -0.2) is 38.4 Å². The van der Waals surface area contributed by atoms with Crippen molar-refractivity contribution in [2.75, 3.05) is 13.1 Å². The molecule has 3 aromatic rings. The molecule has 1 amide bonds. The summed E-state index contributed by atoms with van der Waals surface area (Å²) in [5.41, 5.74) is 1.65. The van der Waals surface area contributed by atoms with Crippen LogP contribution in [-0.2, 0) is 7.05 Å². The summed E-state index contributed by atoms with van der Waals surface area (Å²) in [6.45, 7) is 0.992. The second-order valence-electron chi connectivity index (χ2n) is 6.27. The highest BCUT2D eigenvalue weighted by Gasteiger charge is 2.31. The van der Waals surface area contributed by atoms with Gasteiger partial charge in [-0.1, -0.05) is 0 Å². The average molecular weight is 342 g/mol. The number of fused-ring (bicyclic) bond motifs is 1. The van der Waals surface area contributed by atoms with E-state index in [4.69, 9.17) is 0 Å². The van der Waals surface area contributed by atoms with Gasteiger partial charge in [0.2, 0.25) is 0 Å². The number of halogens is 2. The molecule has 1 fully saturated rings. The Hall–Kier alpha value is -2.83. The van der Waals surface area contributed by atoms with Gasteiger partial charge in [-0.3, -0.25) is 4.79 Å². The standard InChI is InChI=1S/C18H16F2N4O/c1-23-16(22-15-3-2-5-21-17(15)23)11-4-6-24(10-11)18(25)12-7-13(19)9-14(20)8-12/h2-3,5,7-9,11H,4,6,10H2,1H3/t11-/m1/s1. The number of carbonyl (C=O) groups excluding carboxylic acids is 1. The zero-order valence-corrected chi connectivity index (χ0v) is 13.6. The number of rotatable bonds is 2. The molecule has 1 saturated heterocycles. The van der Waals surface area contributed by atoms with Crippen molar-refractivity contribution in [3.8, 4) is 0 Å². The van der Waals surface area contributed by atoms with E-state index >= 15 is 0 Å². The largest absolute Gasteiger partial charge is 0.338 e. The molecule has 3 heterocycles. The zero-order valence-electron chi connectivity index (χ0n) is 13.6. The van der Waals surface area contributed by atoms with E-state index in [1.54, 1.807) is 11.1 Å². The fourth-order valence-electron chi connectivity index (χ4n) is 3.42. The molecule has 0 bridgehead atoms. The Morgan fingerprint density at radius 3 is 2.72 bits per heavy atom. The van der Waals surface area contributed by atoms with Crippen LogP contribution < -0.4 is 0 Å². The first-order chi connectivity index (χ1) is 12.0. The number of benzene rings is 1. The van der Waals surface area contributed by atoms with Crippen LogP contribution in [0.2, 0.25) is 0 Å². The molecule has 128 valence electrons. The number of hydrogen-bond acceptors (Lipinski definition) is 3. The highest BCUT2D eigenvalue weighted by molar-refractivity contribution is 5.94. The first kappa shape index (κ1) is 15.7. The minimum absolute atomic E-state index is 0.0322. The van der Waals surface area contributed by atoms with Crippen molar-refractivity contribution in [3.05, 3.63) is 59.6 Å². The quantitative estimate of drug-likeness (QED) is 0.720. The molecule has 5 nitrogen and oxygen atoms in total. The molecule has 2 aromatic heterocycles. The van der Waals surface area contributed by atoms with Crippen LogP contribution in [0.3, 0.4) is 0 Å². The van der Waals surface area contributed by atoms with Crippen LogP contribution in [0, 0.1) is 11.6 Å². The number of carbonyl (C=O) groups is 1. The second-order valence-corrected chi connectivity index (χ2v) is 6.27. The summed E-state index contributed by atoms with van der Waals surface area (Å²) in [7, 11) is 1.91. The SMILES string of the molecule is Cn1c([C@@H]2CCN(C(=O)c3cc(F)cc(F)c3)C2)nc2cccnc21. The van der Waals surface area contributed by atoms with Crippen LogP contribution >= 0.6 is 0 Å². The number of likely N-dealkylation sites (tertiary alicyclic amines) is 1. The number of aryl methyl sites for hydroxylation is 1. The topological polar surface area (TPSA) is 51.0 Å². The van der Waals surface area contributed by atoms with Crippen molar-refractivity contribution in [1.82, 2.24) is 19.4 Å². The van der Waals surface area contributed by atoms with Crippen molar-refractivity contribution >= 4 is 17.1 Å². The first-order valence-electron chi connectivity index (χ1n) is 8.05. The third kappa shape index (κ3) is 2.75. The molecule has 4 rings (SSSR count). The van der Waals surface area contributed by atoms with Gasteiger partial charge in [-0.2, -0.15) is 0 Å². The summed E-state index contributed by atoms with van der Waals surface area (Å²) in [4.78, 5) is 23.1. The number of amides is 1. The Balaban J connectivity index is 1.58. The van der Waals surface area contributed by atoms with Gasteiger partial charge in [0.25, 0.3) is 5.91 Å². The smallest absolute Gasteiger partial charge is 0.254 e. The molecule has 0 unspecified atom stereocenters. The minimum Gasteiger partial charge on any atom is -0.338 e. The van der Waals surface area contributed by atoms with E-state index < -0.39 is 11.6 Å². The van der Waals surface area contributed by atoms with Gasteiger partial charge in [-0.15, -0.1) is 0 Å². The van der Waals surface area contributed by atoms with Crippen molar-refractivity contribution in [1.29, 1.82) is 0 Å². The van der Waals surface area contributed by atoms with Crippen molar-refractivity contribution < 1.29 is 13.6 Å². The number of pyridine rings is 1. The molecule has 0 N–H and O–H groups in total. The van der Waals surface area contributed by atoms with Crippen LogP contribution in [0.4, 0.5) is 8.78 Å². The lowest BCUT2D eigenvalue weighted by atomic mass is 10.1. The van der Waals surface area contributed by atoms with Crippen LogP contribution in [0.25, 0.3) is 11.2 Å². The van der Waals surface area contributed by atoms with Gasteiger partial charge in [-0.25, -0.2) is 18.7 Å². The van der Waals surface area contributed by atoms with Crippen LogP contribution in [0.15, 0.2) is 36.5 Å². The van der Waals surface area contributed by atoms with Crippen molar-refractivity contribution in [2.24, 2.45) is 7.05 Å². The van der Waals surface area contributed by atoms with Crippen LogP contribution in [0.1, 0.15) is 28.5 Å².